The molecule has 1 aliphatic heterocycles. The van der Waals surface area contributed by atoms with Crippen LogP contribution >= 0.6 is 0 Å². The van der Waals surface area contributed by atoms with Crippen LogP contribution in [0.1, 0.15) is 45.1 Å². The summed E-state index contributed by atoms with van der Waals surface area (Å²) in [4.78, 5) is 4.54. The van der Waals surface area contributed by atoms with E-state index in [1.54, 1.807) is 6.20 Å². The maximum atomic E-state index is 10.4. The summed E-state index contributed by atoms with van der Waals surface area (Å²) >= 11 is 0. The molecule has 2 heterocycles. The van der Waals surface area contributed by atoms with Gasteiger partial charge in [0, 0.05) is 23.7 Å². The Morgan fingerprint density at radius 2 is 2.21 bits per heavy atom. The molecule has 1 unspecified atom stereocenters. The minimum atomic E-state index is -0.621. The van der Waals surface area contributed by atoms with Crippen LogP contribution in [0.3, 0.4) is 0 Å². The molecule has 0 amide bonds. The van der Waals surface area contributed by atoms with Gasteiger partial charge in [-0.2, -0.15) is 0 Å². The number of nitrogens with zero attached hydrogens (tertiary/aromatic N) is 1. The van der Waals surface area contributed by atoms with Crippen LogP contribution in [-0.4, -0.2) is 16.6 Å². The van der Waals surface area contributed by atoms with Crippen LogP contribution in [-0.2, 0) is 5.41 Å². The molecule has 0 saturated carbocycles. The van der Waals surface area contributed by atoms with Gasteiger partial charge in [-0.15, -0.1) is 0 Å². The highest BCUT2D eigenvalue weighted by atomic mass is 16.3. The lowest BCUT2D eigenvalue weighted by Gasteiger charge is -2.17. The second kappa shape index (κ2) is 5.17. The molecule has 0 aromatic carbocycles. The molecule has 1 aliphatic rings. The number of rotatable bonds is 3. The van der Waals surface area contributed by atoms with Crippen LogP contribution in [0.5, 0.6) is 0 Å². The molecular formula is C16H22N2O. The van der Waals surface area contributed by atoms with E-state index in [4.69, 9.17) is 0 Å². The van der Waals surface area contributed by atoms with E-state index in [0.717, 1.165) is 29.1 Å². The highest BCUT2D eigenvalue weighted by Gasteiger charge is 2.31. The fourth-order valence-electron chi connectivity index (χ4n) is 2.43. The van der Waals surface area contributed by atoms with E-state index in [9.17, 15) is 5.11 Å². The summed E-state index contributed by atoms with van der Waals surface area (Å²) in [5, 5.41) is 13.7. The molecule has 0 aliphatic carbocycles. The number of pyridine rings is 1. The number of hydrogen-bond donors (Lipinski definition) is 2. The van der Waals surface area contributed by atoms with Crippen molar-refractivity contribution in [2.24, 2.45) is 0 Å². The van der Waals surface area contributed by atoms with Crippen LogP contribution in [0.25, 0.3) is 0 Å². The number of nitrogens with one attached hydrogen (secondary N) is 1. The first-order chi connectivity index (χ1) is 8.99. The number of hydrogen-bond acceptors (Lipinski definition) is 3. The largest absolute Gasteiger partial charge is 0.384 e. The third-order valence-corrected chi connectivity index (χ3v) is 3.59. The molecule has 0 radical (unpaired) electrons. The van der Waals surface area contributed by atoms with E-state index in [-0.39, 0.29) is 5.41 Å². The summed E-state index contributed by atoms with van der Waals surface area (Å²) in [6.07, 6.45) is 6.95. The Morgan fingerprint density at radius 1 is 1.47 bits per heavy atom. The molecule has 0 bridgehead atoms. The van der Waals surface area contributed by atoms with Gasteiger partial charge in [-0.3, -0.25) is 4.98 Å². The van der Waals surface area contributed by atoms with Crippen molar-refractivity contribution in [3.05, 3.63) is 47.3 Å². The number of allylic oxidation sites excluding steroid dienone is 2. The Bertz CT molecular complexity index is 530. The zero-order valence-electron chi connectivity index (χ0n) is 12.1. The van der Waals surface area contributed by atoms with Gasteiger partial charge < -0.3 is 10.4 Å². The first-order valence-electron chi connectivity index (χ1n) is 6.71. The van der Waals surface area contributed by atoms with Crippen molar-refractivity contribution in [1.29, 1.82) is 0 Å². The molecule has 0 fully saturated rings. The molecule has 19 heavy (non-hydrogen) atoms. The Labute approximate surface area is 115 Å². The minimum Gasteiger partial charge on any atom is -0.384 e. The van der Waals surface area contributed by atoms with Crippen LogP contribution in [0, 0.1) is 0 Å². The minimum absolute atomic E-state index is 0.0611. The summed E-state index contributed by atoms with van der Waals surface area (Å²) in [6.45, 7) is 9.11. The Morgan fingerprint density at radius 3 is 2.84 bits per heavy atom. The molecule has 2 rings (SSSR count). The van der Waals surface area contributed by atoms with Crippen LogP contribution in [0.15, 0.2) is 36.1 Å². The van der Waals surface area contributed by atoms with E-state index in [0.29, 0.717) is 0 Å². The summed E-state index contributed by atoms with van der Waals surface area (Å²) in [5.41, 5.74) is 3.90. The lowest BCUT2D eigenvalue weighted by atomic mass is 9.90. The van der Waals surface area contributed by atoms with Crippen molar-refractivity contribution >= 4 is 5.69 Å². The first-order valence-corrected chi connectivity index (χ1v) is 6.71. The van der Waals surface area contributed by atoms with Gasteiger partial charge in [0.05, 0.1) is 11.4 Å². The second-order valence-electron chi connectivity index (χ2n) is 5.59. The van der Waals surface area contributed by atoms with Crippen LogP contribution < -0.4 is 5.32 Å². The van der Waals surface area contributed by atoms with Gasteiger partial charge >= 0.3 is 0 Å². The van der Waals surface area contributed by atoms with Gasteiger partial charge in [0.25, 0.3) is 0 Å². The van der Waals surface area contributed by atoms with Crippen molar-refractivity contribution in [2.45, 2.75) is 39.2 Å². The molecule has 1 aromatic heterocycles. The molecule has 3 heteroatoms. The molecule has 3 nitrogen and oxygen atoms in total. The number of aliphatic hydroxyl groups excluding tert-OH is 1. The molecule has 1 aromatic rings. The normalized spacial score (nSPS) is 19.3. The van der Waals surface area contributed by atoms with Crippen molar-refractivity contribution < 1.29 is 5.11 Å². The Kier molecular flexibility index (Phi) is 3.76. The molecule has 0 saturated heterocycles. The quantitative estimate of drug-likeness (QED) is 0.817. The van der Waals surface area contributed by atoms with E-state index in [1.807, 2.05) is 38.1 Å². The number of fused-ring (bicyclic) bond motifs is 1. The van der Waals surface area contributed by atoms with E-state index in [1.165, 1.54) is 0 Å². The summed E-state index contributed by atoms with van der Waals surface area (Å²) in [7, 11) is 0. The lowest BCUT2D eigenvalue weighted by Crippen LogP contribution is -2.20. The van der Waals surface area contributed by atoms with Gasteiger partial charge in [0.1, 0.15) is 6.10 Å². The fourth-order valence-corrected chi connectivity index (χ4v) is 2.43. The number of anilines is 1. The average Bonchev–Trinajstić information content (AvgIpc) is 2.71. The van der Waals surface area contributed by atoms with Crippen molar-refractivity contribution in [3.8, 4) is 0 Å². The SMILES string of the molecule is C/C=C\C(=C/C)C(O)c1cnc2c(c1)NCC2(C)C. The van der Waals surface area contributed by atoms with Crippen molar-refractivity contribution in [1.82, 2.24) is 4.98 Å². The van der Waals surface area contributed by atoms with Crippen molar-refractivity contribution in [2.75, 3.05) is 11.9 Å². The standard InChI is InChI=1S/C16H22N2O/c1-5-7-11(6-2)14(19)12-8-13-15(17-9-12)16(3,4)10-18-13/h5-9,14,18-19H,10H2,1-4H3/b7-5-,11-6+. The van der Waals surface area contributed by atoms with E-state index in [2.05, 4.69) is 24.1 Å². The molecule has 1 atom stereocenters. The van der Waals surface area contributed by atoms with Gasteiger partial charge in [-0.1, -0.05) is 32.1 Å². The topological polar surface area (TPSA) is 45.2 Å². The third kappa shape index (κ3) is 2.56. The van der Waals surface area contributed by atoms with E-state index >= 15 is 0 Å². The Balaban J connectivity index is 2.34. The van der Waals surface area contributed by atoms with Crippen LogP contribution in [0.2, 0.25) is 0 Å². The Hall–Kier alpha value is -1.61. The average molecular weight is 258 g/mol. The molecule has 2 N–H and O–H groups in total. The van der Waals surface area contributed by atoms with Gasteiger partial charge in [-0.25, -0.2) is 0 Å². The molecule has 0 spiro atoms. The maximum Gasteiger partial charge on any atom is 0.105 e. The number of aromatic nitrogens is 1. The fraction of sp³-hybridized carbons (Fsp3) is 0.438. The zero-order chi connectivity index (χ0) is 14.0. The third-order valence-electron chi connectivity index (χ3n) is 3.59. The smallest absolute Gasteiger partial charge is 0.105 e. The number of aliphatic hydroxyl groups is 1. The van der Waals surface area contributed by atoms with Gasteiger partial charge in [0.2, 0.25) is 0 Å². The second-order valence-corrected chi connectivity index (χ2v) is 5.59. The monoisotopic (exact) mass is 258 g/mol. The zero-order valence-corrected chi connectivity index (χ0v) is 12.1. The lowest BCUT2D eigenvalue weighted by molar-refractivity contribution is 0.219. The summed E-state index contributed by atoms with van der Waals surface area (Å²) in [5.74, 6) is 0. The highest BCUT2D eigenvalue weighted by molar-refractivity contribution is 5.58. The molecule has 102 valence electrons. The van der Waals surface area contributed by atoms with E-state index < -0.39 is 6.10 Å². The predicted octanol–water partition coefficient (Wildman–Crippen LogP) is 3.34. The van der Waals surface area contributed by atoms with Gasteiger partial charge in [0.15, 0.2) is 0 Å². The maximum absolute atomic E-state index is 10.4. The van der Waals surface area contributed by atoms with Gasteiger partial charge in [-0.05, 0) is 25.5 Å². The summed E-state index contributed by atoms with van der Waals surface area (Å²) in [6, 6.07) is 2.01. The highest BCUT2D eigenvalue weighted by Crippen LogP contribution is 2.36. The van der Waals surface area contributed by atoms with Crippen molar-refractivity contribution in [3.63, 3.8) is 0 Å². The first kappa shape index (κ1) is 13.8. The van der Waals surface area contributed by atoms with Crippen LogP contribution in [0.4, 0.5) is 5.69 Å². The predicted molar refractivity (Wildman–Crippen MR) is 79.3 cm³/mol. The summed E-state index contributed by atoms with van der Waals surface area (Å²) < 4.78 is 0. The molecular weight excluding hydrogens is 236 g/mol.